The topological polar surface area (TPSA) is 58.6 Å². The summed E-state index contributed by atoms with van der Waals surface area (Å²) in [7, 11) is -3.46. The molecule has 0 bridgehead atoms. The number of hydrogen-bond donors (Lipinski definition) is 1. The number of morpholine rings is 1. The Kier molecular flexibility index (Phi) is 4.24. The zero-order chi connectivity index (χ0) is 16.0. The number of nitrogens with zero attached hydrogens (tertiary/aromatic N) is 1. The molecule has 2 fully saturated rings. The number of rotatable bonds is 4. The van der Waals surface area contributed by atoms with E-state index in [1.165, 1.54) is 4.31 Å². The fourth-order valence-electron chi connectivity index (χ4n) is 2.85. The summed E-state index contributed by atoms with van der Waals surface area (Å²) in [6.07, 6.45) is 0.828. The minimum Gasteiger partial charge on any atom is -0.373 e. The van der Waals surface area contributed by atoms with Crippen LogP contribution in [0.25, 0.3) is 0 Å². The standard InChI is InChI=1S/C15H21ClN2O3S/c1-15(2)10-18(7-8-21-15)22(19,20)17-14-9-13(14)11-3-5-12(16)6-4-11/h3-6,13-14,17H,7-10H2,1-2H3/t13-,14+/m0/s1. The molecule has 1 aliphatic heterocycles. The van der Waals surface area contributed by atoms with Gasteiger partial charge in [-0.3, -0.25) is 0 Å². The monoisotopic (exact) mass is 344 g/mol. The summed E-state index contributed by atoms with van der Waals surface area (Å²) in [6.45, 7) is 5.02. The lowest BCUT2D eigenvalue weighted by molar-refractivity contribution is -0.0643. The van der Waals surface area contributed by atoms with Crippen molar-refractivity contribution in [2.24, 2.45) is 0 Å². The Hall–Kier alpha value is -0.660. The van der Waals surface area contributed by atoms with E-state index in [0.717, 1.165) is 12.0 Å². The van der Waals surface area contributed by atoms with Gasteiger partial charge in [0, 0.05) is 30.1 Å². The zero-order valence-electron chi connectivity index (χ0n) is 12.8. The summed E-state index contributed by atoms with van der Waals surface area (Å²) in [5.41, 5.74) is 0.686. The first-order chi connectivity index (χ1) is 10.3. The van der Waals surface area contributed by atoms with E-state index in [1.54, 1.807) is 0 Å². The maximum Gasteiger partial charge on any atom is 0.279 e. The molecule has 1 saturated carbocycles. The van der Waals surface area contributed by atoms with Crippen molar-refractivity contribution in [1.29, 1.82) is 0 Å². The van der Waals surface area contributed by atoms with Gasteiger partial charge in [0.25, 0.3) is 10.2 Å². The molecule has 5 nitrogen and oxygen atoms in total. The van der Waals surface area contributed by atoms with E-state index in [9.17, 15) is 8.42 Å². The SMILES string of the molecule is CC1(C)CN(S(=O)(=O)N[C@@H]2C[C@H]2c2ccc(Cl)cc2)CCO1. The first-order valence-corrected chi connectivity index (χ1v) is 9.25. The molecule has 1 N–H and O–H groups in total. The molecule has 0 spiro atoms. The van der Waals surface area contributed by atoms with Gasteiger partial charge in [0.05, 0.1) is 12.2 Å². The molecule has 22 heavy (non-hydrogen) atoms. The van der Waals surface area contributed by atoms with Gasteiger partial charge in [-0.05, 0) is 38.0 Å². The van der Waals surface area contributed by atoms with Crippen molar-refractivity contribution < 1.29 is 13.2 Å². The number of ether oxygens (including phenoxy) is 1. The van der Waals surface area contributed by atoms with Crippen LogP contribution in [-0.4, -0.2) is 44.1 Å². The second-order valence-electron chi connectivity index (χ2n) is 6.56. The Labute approximate surface area is 136 Å². The van der Waals surface area contributed by atoms with Gasteiger partial charge in [-0.1, -0.05) is 23.7 Å². The lowest BCUT2D eigenvalue weighted by Crippen LogP contribution is -2.54. The van der Waals surface area contributed by atoms with E-state index in [1.807, 2.05) is 38.1 Å². The van der Waals surface area contributed by atoms with E-state index in [-0.39, 0.29) is 12.0 Å². The summed E-state index contributed by atoms with van der Waals surface area (Å²) >= 11 is 5.88. The normalized spacial score (nSPS) is 28.5. The highest BCUT2D eigenvalue weighted by molar-refractivity contribution is 7.87. The lowest BCUT2D eigenvalue weighted by atomic mass is 10.1. The average molecular weight is 345 g/mol. The summed E-state index contributed by atoms with van der Waals surface area (Å²) < 4.78 is 34.8. The maximum absolute atomic E-state index is 12.5. The highest BCUT2D eigenvalue weighted by atomic mass is 35.5. The number of hydrogen-bond acceptors (Lipinski definition) is 3. The summed E-state index contributed by atoms with van der Waals surface area (Å²) in [5, 5.41) is 0.692. The Balaban J connectivity index is 1.62. The van der Waals surface area contributed by atoms with Gasteiger partial charge in [0.2, 0.25) is 0 Å². The van der Waals surface area contributed by atoms with E-state index >= 15 is 0 Å². The molecular formula is C15H21ClN2O3S. The number of halogens is 1. The summed E-state index contributed by atoms with van der Waals surface area (Å²) in [4.78, 5) is 0. The highest BCUT2D eigenvalue weighted by Crippen LogP contribution is 2.41. The van der Waals surface area contributed by atoms with Crippen molar-refractivity contribution in [3.8, 4) is 0 Å². The average Bonchev–Trinajstić information content (AvgIpc) is 3.17. The van der Waals surface area contributed by atoms with Gasteiger partial charge in [-0.2, -0.15) is 17.4 Å². The minimum absolute atomic E-state index is 0.0304. The van der Waals surface area contributed by atoms with Crippen LogP contribution in [0.2, 0.25) is 5.02 Å². The van der Waals surface area contributed by atoms with Crippen LogP contribution in [0.1, 0.15) is 31.7 Å². The third-order valence-corrected chi connectivity index (χ3v) is 5.96. The molecule has 0 unspecified atom stereocenters. The van der Waals surface area contributed by atoms with Crippen molar-refractivity contribution in [2.45, 2.75) is 37.8 Å². The molecule has 7 heteroatoms. The molecule has 3 rings (SSSR count). The maximum atomic E-state index is 12.5. The largest absolute Gasteiger partial charge is 0.373 e. The summed E-state index contributed by atoms with van der Waals surface area (Å²) in [6, 6.07) is 7.56. The van der Waals surface area contributed by atoms with Gasteiger partial charge >= 0.3 is 0 Å². The number of nitrogens with one attached hydrogen (secondary N) is 1. The van der Waals surface area contributed by atoms with Crippen LogP contribution in [-0.2, 0) is 14.9 Å². The highest BCUT2D eigenvalue weighted by Gasteiger charge is 2.43. The lowest BCUT2D eigenvalue weighted by Gasteiger charge is -2.37. The van der Waals surface area contributed by atoms with Crippen molar-refractivity contribution in [1.82, 2.24) is 9.03 Å². The van der Waals surface area contributed by atoms with Crippen LogP contribution in [0.5, 0.6) is 0 Å². The molecule has 122 valence electrons. The van der Waals surface area contributed by atoms with Crippen molar-refractivity contribution in [3.63, 3.8) is 0 Å². The number of benzene rings is 1. The van der Waals surface area contributed by atoms with Crippen molar-refractivity contribution in [2.75, 3.05) is 19.7 Å². The molecular weight excluding hydrogens is 324 g/mol. The zero-order valence-corrected chi connectivity index (χ0v) is 14.3. The van der Waals surface area contributed by atoms with Crippen LogP contribution in [0, 0.1) is 0 Å². The van der Waals surface area contributed by atoms with Gasteiger partial charge < -0.3 is 4.74 Å². The Bertz CT molecular complexity index is 645. The van der Waals surface area contributed by atoms with Crippen LogP contribution >= 0.6 is 11.6 Å². The van der Waals surface area contributed by atoms with Crippen molar-refractivity contribution >= 4 is 21.8 Å². The molecule has 0 aromatic heterocycles. The van der Waals surface area contributed by atoms with Gasteiger partial charge in [0.15, 0.2) is 0 Å². The summed E-state index contributed by atoms with van der Waals surface area (Å²) in [5.74, 6) is 0.237. The van der Waals surface area contributed by atoms with E-state index in [0.29, 0.717) is 24.7 Å². The molecule has 1 aromatic carbocycles. The smallest absolute Gasteiger partial charge is 0.279 e. The molecule has 1 saturated heterocycles. The molecule has 1 heterocycles. The second-order valence-corrected chi connectivity index (χ2v) is 8.70. The predicted molar refractivity (Wildman–Crippen MR) is 86.3 cm³/mol. The van der Waals surface area contributed by atoms with Crippen LogP contribution < -0.4 is 4.72 Å². The molecule has 1 aromatic rings. The Morgan fingerprint density at radius 1 is 1.32 bits per heavy atom. The van der Waals surface area contributed by atoms with Gasteiger partial charge in [-0.25, -0.2) is 0 Å². The fourth-order valence-corrected chi connectivity index (χ4v) is 4.56. The molecule has 2 aliphatic rings. The quantitative estimate of drug-likeness (QED) is 0.910. The third kappa shape index (κ3) is 3.63. The fraction of sp³-hybridized carbons (Fsp3) is 0.600. The minimum atomic E-state index is -3.46. The molecule has 2 atom stereocenters. The van der Waals surface area contributed by atoms with Crippen molar-refractivity contribution in [3.05, 3.63) is 34.9 Å². The van der Waals surface area contributed by atoms with Gasteiger partial charge in [0.1, 0.15) is 0 Å². The molecule has 0 radical (unpaired) electrons. The third-order valence-electron chi connectivity index (χ3n) is 4.12. The van der Waals surface area contributed by atoms with Crippen LogP contribution in [0.3, 0.4) is 0 Å². The molecule has 0 amide bonds. The molecule has 1 aliphatic carbocycles. The first-order valence-electron chi connectivity index (χ1n) is 7.44. The van der Waals surface area contributed by atoms with E-state index in [2.05, 4.69) is 4.72 Å². The van der Waals surface area contributed by atoms with E-state index in [4.69, 9.17) is 16.3 Å². The predicted octanol–water partition coefficient (Wildman–Crippen LogP) is 2.14. The Morgan fingerprint density at radius 3 is 2.64 bits per heavy atom. The second kappa shape index (κ2) is 5.76. The van der Waals surface area contributed by atoms with Gasteiger partial charge in [-0.15, -0.1) is 0 Å². The van der Waals surface area contributed by atoms with Crippen LogP contribution in [0.4, 0.5) is 0 Å². The van der Waals surface area contributed by atoms with E-state index < -0.39 is 15.8 Å². The first kappa shape index (κ1) is 16.2. The Morgan fingerprint density at radius 2 is 2.00 bits per heavy atom. The van der Waals surface area contributed by atoms with Crippen LogP contribution in [0.15, 0.2) is 24.3 Å².